The van der Waals surface area contributed by atoms with Gasteiger partial charge in [0.15, 0.2) is 0 Å². The zero-order valence-electron chi connectivity index (χ0n) is 10.1. The van der Waals surface area contributed by atoms with Crippen molar-refractivity contribution in [3.8, 4) is 17.3 Å². The third-order valence-corrected chi connectivity index (χ3v) is 2.44. The van der Waals surface area contributed by atoms with Crippen LogP contribution in [0, 0.1) is 11.3 Å². The number of aromatic nitrogens is 3. The van der Waals surface area contributed by atoms with Gasteiger partial charge in [0, 0.05) is 36.8 Å². The SMILES string of the molecule is Cn1cc(/C=C(\C#N)C(=O)O)c(-c2cccnc2)n1. The molecule has 0 aliphatic rings. The van der Waals surface area contributed by atoms with E-state index >= 15 is 0 Å². The molecule has 0 fully saturated rings. The summed E-state index contributed by atoms with van der Waals surface area (Å²) in [5.74, 6) is -1.26. The number of pyridine rings is 1. The largest absolute Gasteiger partial charge is 0.477 e. The summed E-state index contributed by atoms with van der Waals surface area (Å²) in [5.41, 5.74) is 1.58. The summed E-state index contributed by atoms with van der Waals surface area (Å²) in [5, 5.41) is 21.9. The molecular formula is C13H10N4O2. The minimum atomic E-state index is -1.26. The summed E-state index contributed by atoms with van der Waals surface area (Å²) in [7, 11) is 1.73. The molecule has 0 aliphatic heterocycles. The number of rotatable bonds is 3. The second kappa shape index (κ2) is 5.14. The maximum atomic E-state index is 10.9. The van der Waals surface area contributed by atoms with Crippen LogP contribution in [0.5, 0.6) is 0 Å². The number of carboxylic acid groups (broad SMARTS) is 1. The van der Waals surface area contributed by atoms with Gasteiger partial charge in [-0.1, -0.05) is 0 Å². The number of nitrogens with zero attached hydrogens (tertiary/aromatic N) is 4. The molecular weight excluding hydrogens is 244 g/mol. The van der Waals surface area contributed by atoms with Gasteiger partial charge in [-0.25, -0.2) is 4.79 Å². The van der Waals surface area contributed by atoms with Crippen LogP contribution in [0.3, 0.4) is 0 Å². The highest BCUT2D eigenvalue weighted by atomic mass is 16.4. The number of carbonyl (C=O) groups is 1. The number of aliphatic carboxylic acids is 1. The van der Waals surface area contributed by atoms with Crippen molar-refractivity contribution >= 4 is 12.0 Å². The maximum absolute atomic E-state index is 10.9. The van der Waals surface area contributed by atoms with E-state index in [-0.39, 0.29) is 5.57 Å². The molecule has 2 heterocycles. The molecule has 0 saturated carbocycles. The molecule has 19 heavy (non-hydrogen) atoms. The van der Waals surface area contributed by atoms with Crippen molar-refractivity contribution in [3.05, 3.63) is 41.9 Å². The van der Waals surface area contributed by atoms with E-state index in [9.17, 15) is 4.79 Å². The van der Waals surface area contributed by atoms with E-state index in [4.69, 9.17) is 10.4 Å². The Balaban J connectivity index is 2.55. The smallest absolute Gasteiger partial charge is 0.346 e. The van der Waals surface area contributed by atoms with E-state index in [1.54, 1.807) is 42.5 Å². The Morgan fingerprint density at radius 1 is 1.58 bits per heavy atom. The van der Waals surface area contributed by atoms with Crippen molar-refractivity contribution < 1.29 is 9.90 Å². The topological polar surface area (TPSA) is 91.8 Å². The van der Waals surface area contributed by atoms with Crippen molar-refractivity contribution in [1.29, 1.82) is 5.26 Å². The summed E-state index contributed by atoms with van der Waals surface area (Å²) >= 11 is 0. The predicted octanol–water partition coefficient (Wildman–Crippen LogP) is 1.47. The van der Waals surface area contributed by atoms with Gasteiger partial charge in [0.1, 0.15) is 17.3 Å². The summed E-state index contributed by atoms with van der Waals surface area (Å²) in [6.45, 7) is 0. The molecule has 0 unspecified atom stereocenters. The lowest BCUT2D eigenvalue weighted by atomic mass is 10.1. The van der Waals surface area contributed by atoms with Gasteiger partial charge in [-0.3, -0.25) is 9.67 Å². The van der Waals surface area contributed by atoms with E-state index < -0.39 is 5.97 Å². The molecule has 6 nitrogen and oxygen atoms in total. The Labute approximate surface area is 109 Å². The molecule has 0 saturated heterocycles. The van der Waals surface area contributed by atoms with E-state index in [1.165, 1.54) is 6.08 Å². The maximum Gasteiger partial charge on any atom is 0.346 e. The second-order valence-corrected chi connectivity index (χ2v) is 3.82. The van der Waals surface area contributed by atoms with Gasteiger partial charge >= 0.3 is 5.97 Å². The van der Waals surface area contributed by atoms with E-state index in [0.29, 0.717) is 11.3 Å². The molecule has 6 heteroatoms. The lowest BCUT2D eigenvalue weighted by Gasteiger charge is -1.97. The molecule has 0 aromatic carbocycles. The number of aryl methyl sites for hydroxylation is 1. The first-order chi connectivity index (χ1) is 9.11. The van der Waals surface area contributed by atoms with E-state index in [2.05, 4.69) is 10.1 Å². The summed E-state index contributed by atoms with van der Waals surface area (Å²) in [6.07, 6.45) is 6.23. The van der Waals surface area contributed by atoms with Gasteiger partial charge in [0.25, 0.3) is 0 Å². The molecule has 0 bridgehead atoms. The molecule has 0 spiro atoms. The minimum Gasteiger partial charge on any atom is -0.477 e. The molecule has 0 amide bonds. The first-order valence-corrected chi connectivity index (χ1v) is 5.41. The lowest BCUT2D eigenvalue weighted by molar-refractivity contribution is -0.132. The van der Waals surface area contributed by atoms with Crippen LogP contribution in [0.2, 0.25) is 0 Å². The van der Waals surface area contributed by atoms with E-state index in [1.807, 2.05) is 6.07 Å². The van der Waals surface area contributed by atoms with Crippen LogP contribution in [-0.4, -0.2) is 25.8 Å². The Morgan fingerprint density at radius 3 is 2.95 bits per heavy atom. The summed E-state index contributed by atoms with van der Waals surface area (Å²) in [6, 6.07) is 5.23. The molecule has 2 aromatic rings. The van der Waals surface area contributed by atoms with E-state index in [0.717, 1.165) is 5.56 Å². The predicted molar refractivity (Wildman–Crippen MR) is 67.7 cm³/mol. The highest BCUT2D eigenvalue weighted by molar-refractivity contribution is 5.97. The Bertz CT molecular complexity index is 680. The fourth-order valence-electron chi connectivity index (χ4n) is 1.64. The molecule has 0 radical (unpaired) electrons. The zero-order chi connectivity index (χ0) is 13.8. The van der Waals surface area contributed by atoms with Crippen molar-refractivity contribution in [2.75, 3.05) is 0 Å². The normalized spacial score (nSPS) is 11.1. The Kier molecular flexibility index (Phi) is 3.39. The minimum absolute atomic E-state index is 0.335. The Morgan fingerprint density at radius 2 is 2.37 bits per heavy atom. The van der Waals surface area contributed by atoms with Crippen LogP contribution in [0.15, 0.2) is 36.3 Å². The highest BCUT2D eigenvalue weighted by Gasteiger charge is 2.12. The molecule has 0 atom stereocenters. The quantitative estimate of drug-likeness (QED) is 0.661. The molecule has 0 aliphatic carbocycles. The fourth-order valence-corrected chi connectivity index (χ4v) is 1.64. The number of hydrogen-bond acceptors (Lipinski definition) is 4. The van der Waals surface area contributed by atoms with Crippen molar-refractivity contribution in [1.82, 2.24) is 14.8 Å². The highest BCUT2D eigenvalue weighted by Crippen LogP contribution is 2.22. The standard InChI is InChI=1S/C13H10N4O2/c1-17-8-11(5-10(6-14)13(18)19)12(16-17)9-3-2-4-15-7-9/h2-5,7-8H,1H3,(H,18,19)/b10-5+. The number of nitriles is 1. The van der Waals surface area contributed by atoms with Gasteiger partial charge in [-0.15, -0.1) is 0 Å². The summed E-state index contributed by atoms with van der Waals surface area (Å²) in [4.78, 5) is 14.9. The number of hydrogen-bond donors (Lipinski definition) is 1. The van der Waals surface area contributed by atoms with Gasteiger partial charge < -0.3 is 5.11 Å². The van der Waals surface area contributed by atoms with Crippen LogP contribution in [0.4, 0.5) is 0 Å². The van der Waals surface area contributed by atoms with Crippen LogP contribution >= 0.6 is 0 Å². The second-order valence-electron chi connectivity index (χ2n) is 3.82. The van der Waals surface area contributed by atoms with Gasteiger partial charge in [0.05, 0.1) is 0 Å². The van der Waals surface area contributed by atoms with Gasteiger partial charge in [0.2, 0.25) is 0 Å². The fraction of sp³-hybridized carbons (Fsp3) is 0.0769. The van der Waals surface area contributed by atoms with Crippen LogP contribution in [0.1, 0.15) is 5.56 Å². The van der Waals surface area contributed by atoms with Crippen molar-refractivity contribution in [2.45, 2.75) is 0 Å². The summed E-state index contributed by atoms with van der Waals surface area (Å²) < 4.78 is 1.56. The lowest BCUT2D eigenvalue weighted by Crippen LogP contribution is -1.97. The molecule has 1 N–H and O–H groups in total. The van der Waals surface area contributed by atoms with Crippen LogP contribution < -0.4 is 0 Å². The van der Waals surface area contributed by atoms with Crippen LogP contribution in [-0.2, 0) is 11.8 Å². The molecule has 2 aromatic heterocycles. The van der Waals surface area contributed by atoms with Crippen molar-refractivity contribution in [2.24, 2.45) is 7.05 Å². The first-order valence-electron chi connectivity index (χ1n) is 5.41. The molecule has 2 rings (SSSR count). The van der Waals surface area contributed by atoms with Crippen LogP contribution in [0.25, 0.3) is 17.3 Å². The molecule has 94 valence electrons. The third-order valence-electron chi connectivity index (χ3n) is 2.44. The Hall–Kier alpha value is -2.94. The first kappa shape index (κ1) is 12.5. The average Bonchev–Trinajstić information content (AvgIpc) is 2.77. The van der Waals surface area contributed by atoms with Gasteiger partial charge in [-0.05, 0) is 18.2 Å². The zero-order valence-corrected chi connectivity index (χ0v) is 10.1. The van der Waals surface area contributed by atoms with Gasteiger partial charge in [-0.2, -0.15) is 10.4 Å². The third kappa shape index (κ3) is 2.66. The monoisotopic (exact) mass is 254 g/mol. The van der Waals surface area contributed by atoms with Crippen molar-refractivity contribution in [3.63, 3.8) is 0 Å². The number of carboxylic acids is 1. The average molecular weight is 254 g/mol.